The summed E-state index contributed by atoms with van der Waals surface area (Å²) in [6, 6.07) is 0. The molecule has 0 heterocycles. The Kier molecular flexibility index (Phi) is 7.52. The van der Waals surface area contributed by atoms with Gasteiger partial charge in [0.2, 0.25) is 0 Å². The predicted molar refractivity (Wildman–Crippen MR) is 53.9 cm³/mol. The second kappa shape index (κ2) is 6.92. The number of carbonyl (C=O) groups is 1. The molecule has 0 N–H and O–H groups in total. The van der Waals surface area contributed by atoms with Gasteiger partial charge in [-0.3, -0.25) is 0 Å². The largest absolute Gasteiger partial charge is 1.00 e. The maximum atomic E-state index is 14.6. The molecule has 0 aromatic carbocycles. The van der Waals surface area contributed by atoms with Crippen molar-refractivity contribution in [2.45, 2.75) is 42.4 Å². The van der Waals surface area contributed by atoms with Crippen molar-refractivity contribution in [3.63, 3.8) is 0 Å². The van der Waals surface area contributed by atoms with Crippen LogP contribution in [0.3, 0.4) is 0 Å². The molecule has 0 saturated heterocycles. The fraction of sp³-hybridized carbons (Fsp3) is 0.875. The van der Waals surface area contributed by atoms with Crippen molar-refractivity contribution in [2.24, 2.45) is 0 Å². The van der Waals surface area contributed by atoms with E-state index in [0.717, 1.165) is 0 Å². The van der Waals surface area contributed by atoms with E-state index >= 15 is 0 Å². The molecule has 21 heteroatoms. The molecular formula is C8H3F17KO2P. The van der Waals surface area contributed by atoms with Crippen LogP contribution in [-0.2, 0) is 9.32 Å². The van der Waals surface area contributed by atoms with Crippen molar-refractivity contribution in [3.8, 4) is 0 Å². The summed E-state index contributed by atoms with van der Waals surface area (Å²) in [5, 5.41) is 0. The van der Waals surface area contributed by atoms with Crippen LogP contribution in [0.25, 0.3) is 0 Å². The van der Waals surface area contributed by atoms with Gasteiger partial charge in [-0.1, -0.05) is 0 Å². The summed E-state index contributed by atoms with van der Waals surface area (Å²) in [5.41, 5.74) is -28.6. The fourth-order valence-electron chi connectivity index (χ4n) is 1.81. The van der Waals surface area contributed by atoms with Crippen LogP contribution in [0.4, 0.5) is 74.3 Å². The Morgan fingerprint density at radius 2 is 0.759 bits per heavy atom. The van der Waals surface area contributed by atoms with Crippen LogP contribution >= 0.6 is 6.79 Å². The van der Waals surface area contributed by atoms with Gasteiger partial charge in [0.1, 0.15) is 0 Å². The van der Waals surface area contributed by atoms with Crippen LogP contribution in [0.5, 0.6) is 0 Å². The molecule has 29 heavy (non-hydrogen) atoms. The SMILES string of the molecule is CC(=O)O[P-](F)(F)(C(F)(F)C(F)(F)F)(C(F)(F)C(F)(F)F)C(F)(F)C(F)(F)F.[K+]. The number of rotatable bonds is 4. The molecule has 0 unspecified atom stereocenters. The molecular weight excluding hydrogens is 521 g/mol. The van der Waals surface area contributed by atoms with Crippen molar-refractivity contribution in [1.82, 2.24) is 0 Å². The normalized spacial score (nSPS) is 17.7. The molecule has 0 aliphatic rings. The standard InChI is InChI=1S/C8H3F17O2P.K/c1-2(26)27-28(24,25,6(18,19)3(9,10)11,7(20,21)4(12,13)14)8(22,23)5(15,16)17;/h1H3;/q-1;+1. The van der Waals surface area contributed by atoms with Crippen molar-refractivity contribution >= 4 is 12.8 Å². The Bertz CT molecular complexity index is 596. The maximum absolute atomic E-state index is 14.6. The van der Waals surface area contributed by atoms with Gasteiger partial charge < -0.3 is 0 Å². The van der Waals surface area contributed by atoms with Crippen molar-refractivity contribution in [2.75, 3.05) is 0 Å². The molecule has 0 saturated carbocycles. The number of halogens is 17. The van der Waals surface area contributed by atoms with Crippen LogP contribution in [0.15, 0.2) is 0 Å². The smallest absolute Gasteiger partial charge is 1.00 e. The maximum Gasteiger partial charge on any atom is 1.00 e. The van der Waals surface area contributed by atoms with E-state index in [2.05, 4.69) is 0 Å². The summed E-state index contributed by atoms with van der Waals surface area (Å²) in [4.78, 5) is 10.4. The summed E-state index contributed by atoms with van der Waals surface area (Å²) in [7, 11) is 0. The first-order valence-electron chi connectivity index (χ1n) is 5.68. The van der Waals surface area contributed by atoms with E-state index in [9.17, 15) is 79.0 Å². The molecule has 0 spiro atoms. The monoisotopic (exact) mass is 524 g/mol. The van der Waals surface area contributed by atoms with E-state index in [0.29, 0.717) is 0 Å². The second-order valence-electron chi connectivity index (χ2n) is 5.02. The van der Waals surface area contributed by atoms with Gasteiger partial charge in [0.15, 0.2) is 0 Å². The van der Waals surface area contributed by atoms with Crippen LogP contribution in [0.2, 0.25) is 0 Å². The van der Waals surface area contributed by atoms with Gasteiger partial charge in [0.05, 0.1) is 0 Å². The fourth-order valence-corrected chi connectivity index (χ4v) is 5.44. The molecule has 0 aromatic heterocycles. The minimum absolute atomic E-state index is 0. The molecule has 0 bridgehead atoms. The third-order valence-corrected chi connectivity index (χ3v) is 8.26. The number of carbonyl (C=O) groups excluding carboxylic acids is 1. The first-order chi connectivity index (χ1) is 11.5. The first-order valence-corrected chi connectivity index (χ1v) is 8.07. The quantitative estimate of drug-likeness (QED) is 0.318. The van der Waals surface area contributed by atoms with E-state index in [4.69, 9.17) is 0 Å². The molecule has 0 atom stereocenters. The van der Waals surface area contributed by atoms with Crippen LogP contribution in [-0.4, -0.2) is 41.5 Å². The summed E-state index contributed by atoms with van der Waals surface area (Å²) in [5.74, 6) is -3.85. The summed E-state index contributed by atoms with van der Waals surface area (Å²) in [6.07, 6.45) is -25.9. The first kappa shape index (κ1) is 31.5. The third-order valence-electron chi connectivity index (χ3n) is 3.18. The third kappa shape index (κ3) is 3.13. The van der Waals surface area contributed by atoms with Gasteiger partial charge in [-0.15, -0.1) is 0 Å². The Hall–Kier alpha value is 0.346. The Balaban J connectivity index is 0. The number of hydrogen-bond acceptors (Lipinski definition) is 2. The number of alkyl halides is 15. The van der Waals surface area contributed by atoms with E-state index in [1.165, 1.54) is 4.52 Å². The second-order valence-corrected chi connectivity index (χ2v) is 9.52. The van der Waals surface area contributed by atoms with Crippen molar-refractivity contribution in [1.29, 1.82) is 0 Å². The van der Waals surface area contributed by atoms with Gasteiger partial charge in [0, 0.05) is 0 Å². The van der Waals surface area contributed by atoms with E-state index < -0.39 is 55.2 Å². The zero-order valence-corrected chi connectivity index (χ0v) is 17.2. The van der Waals surface area contributed by atoms with Crippen LogP contribution in [0.1, 0.15) is 6.92 Å². The molecule has 172 valence electrons. The van der Waals surface area contributed by atoms with Crippen molar-refractivity contribution in [3.05, 3.63) is 0 Å². The Morgan fingerprint density at radius 3 is 0.862 bits per heavy atom. The van der Waals surface area contributed by atoms with Crippen LogP contribution in [0, 0.1) is 0 Å². The minimum Gasteiger partial charge on any atom is 1.00 e. The van der Waals surface area contributed by atoms with Gasteiger partial charge in [0.25, 0.3) is 0 Å². The minimum atomic E-state index is -14.5. The molecule has 0 aromatic rings. The summed E-state index contributed by atoms with van der Waals surface area (Å²) in [6.45, 7) is -15.5. The van der Waals surface area contributed by atoms with Gasteiger partial charge >= 0.3 is 190 Å². The summed E-state index contributed by atoms with van der Waals surface area (Å²) >= 11 is 0. The zero-order valence-electron chi connectivity index (χ0n) is 13.2. The van der Waals surface area contributed by atoms with Crippen LogP contribution < -0.4 is 51.4 Å². The Labute approximate surface area is 189 Å². The van der Waals surface area contributed by atoms with Gasteiger partial charge in [-0.2, -0.15) is 0 Å². The van der Waals surface area contributed by atoms with E-state index in [-0.39, 0.29) is 51.4 Å². The average Bonchev–Trinajstić information content (AvgIpc) is 2.32. The predicted octanol–water partition coefficient (Wildman–Crippen LogP) is 3.79. The van der Waals surface area contributed by atoms with Gasteiger partial charge in [-0.25, -0.2) is 0 Å². The molecule has 0 aliphatic carbocycles. The Morgan fingerprint density at radius 1 is 0.586 bits per heavy atom. The molecule has 0 fully saturated rings. The molecule has 0 rings (SSSR count). The molecule has 0 radical (unpaired) electrons. The van der Waals surface area contributed by atoms with E-state index in [1.807, 2.05) is 0 Å². The topological polar surface area (TPSA) is 26.3 Å². The molecule has 0 amide bonds. The number of hydrogen-bond donors (Lipinski definition) is 0. The zero-order chi connectivity index (χ0) is 23.7. The summed E-state index contributed by atoms with van der Waals surface area (Å²) < 4.78 is 222. The molecule has 2 nitrogen and oxygen atoms in total. The molecule has 0 aliphatic heterocycles. The van der Waals surface area contributed by atoms with Crippen molar-refractivity contribution < 1.29 is 135 Å². The van der Waals surface area contributed by atoms with Gasteiger partial charge in [-0.05, 0) is 0 Å². The van der Waals surface area contributed by atoms with E-state index in [1.54, 1.807) is 0 Å². The average molecular weight is 524 g/mol.